The Morgan fingerprint density at radius 1 is 1.52 bits per heavy atom. The number of fused-ring (bicyclic) bond motifs is 1. The van der Waals surface area contributed by atoms with E-state index in [1.807, 2.05) is 6.92 Å². The minimum Gasteiger partial charge on any atom is -0.396 e. The second-order valence-electron chi connectivity index (χ2n) is 6.25. The van der Waals surface area contributed by atoms with Crippen LogP contribution < -0.4 is 0 Å². The number of aromatic nitrogens is 3. The fourth-order valence-corrected chi connectivity index (χ4v) is 3.40. The number of piperidine rings is 1. The van der Waals surface area contributed by atoms with E-state index in [-0.39, 0.29) is 12.5 Å². The normalized spacial score (nSPS) is 25.0. The van der Waals surface area contributed by atoms with Gasteiger partial charge in [-0.05, 0) is 18.9 Å². The molecule has 0 aromatic carbocycles. The van der Waals surface area contributed by atoms with Crippen LogP contribution in [0.2, 0.25) is 0 Å². The molecule has 0 aliphatic carbocycles. The molecule has 0 unspecified atom stereocenters. The third kappa shape index (κ3) is 2.82. The average Bonchev–Trinajstić information content (AvgIpc) is 3.00. The molecule has 0 bridgehead atoms. The molecule has 2 N–H and O–H groups in total. The van der Waals surface area contributed by atoms with Crippen LogP contribution in [0.1, 0.15) is 36.7 Å². The van der Waals surface area contributed by atoms with Crippen molar-refractivity contribution in [2.45, 2.75) is 32.3 Å². The zero-order chi connectivity index (χ0) is 16.4. The van der Waals surface area contributed by atoms with Gasteiger partial charge < -0.3 is 15.1 Å². The van der Waals surface area contributed by atoms with E-state index >= 15 is 0 Å². The number of hydrogen-bond acceptors (Lipinski definition) is 5. The van der Waals surface area contributed by atoms with Crippen LogP contribution in [0.15, 0.2) is 24.7 Å². The molecule has 2 aromatic heterocycles. The van der Waals surface area contributed by atoms with E-state index in [4.69, 9.17) is 0 Å². The van der Waals surface area contributed by atoms with E-state index in [2.05, 4.69) is 9.97 Å². The molecule has 1 aliphatic heterocycles. The van der Waals surface area contributed by atoms with Gasteiger partial charge in [-0.1, -0.05) is 13.3 Å². The molecule has 3 heterocycles. The Labute approximate surface area is 134 Å². The van der Waals surface area contributed by atoms with Crippen LogP contribution in [0.4, 0.5) is 0 Å². The first kappa shape index (κ1) is 15.9. The van der Waals surface area contributed by atoms with Crippen LogP contribution in [-0.2, 0) is 0 Å². The lowest BCUT2D eigenvalue weighted by atomic mass is 9.74. The molecule has 7 heteroatoms. The third-order valence-electron chi connectivity index (χ3n) is 4.69. The molecule has 0 saturated carbocycles. The monoisotopic (exact) mass is 318 g/mol. The molecule has 3 rings (SSSR count). The van der Waals surface area contributed by atoms with Crippen LogP contribution >= 0.6 is 0 Å². The summed E-state index contributed by atoms with van der Waals surface area (Å²) in [6.07, 6.45) is 6.50. The number of rotatable bonds is 4. The Morgan fingerprint density at radius 3 is 3.04 bits per heavy atom. The number of hydrogen-bond donors (Lipinski definition) is 2. The summed E-state index contributed by atoms with van der Waals surface area (Å²) >= 11 is 0. The van der Waals surface area contributed by atoms with Gasteiger partial charge >= 0.3 is 0 Å². The van der Waals surface area contributed by atoms with Crippen molar-refractivity contribution in [3.8, 4) is 0 Å². The minimum atomic E-state index is -0.639. The first-order valence-electron chi connectivity index (χ1n) is 7.97. The van der Waals surface area contributed by atoms with E-state index in [1.54, 1.807) is 34.0 Å². The quantitative estimate of drug-likeness (QED) is 0.866. The first-order valence-corrected chi connectivity index (χ1v) is 7.97. The number of amides is 1. The molecule has 23 heavy (non-hydrogen) atoms. The molecule has 1 fully saturated rings. The van der Waals surface area contributed by atoms with Crippen molar-refractivity contribution in [1.29, 1.82) is 0 Å². The highest BCUT2D eigenvalue weighted by molar-refractivity contribution is 5.92. The van der Waals surface area contributed by atoms with Crippen molar-refractivity contribution < 1.29 is 15.0 Å². The van der Waals surface area contributed by atoms with Gasteiger partial charge in [0.25, 0.3) is 5.91 Å². The highest BCUT2D eigenvalue weighted by Gasteiger charge is 2.43. The second kappa shape index (κ2) is 6.25. The van der Waals surface area contributed by atoms with Gasteiger partial charge in [-0.3, -0.25) is 9.20 Å². The summed E-state index contributed by atoms with van der Waals surface area (Å²) in [5.41, 5.74) is -0.302. The summed E-state index contributed by atoms with van der Waals surface area (Å²) in [5, 5.41) is 20.1. The maximum Gasteiger partial charge on any atom is 0.274 e. The van der Waals surface area contributed by atoms with Crippen LogP contribution in [0.3, 0.4) is 0 Å². The zero-order valence-electron chi connectivity index (χ0n) is 13.2. The summed E-state index contributed by atoms with van der Waals surface area (Å²) in [7, 11) is 0. The Bertz CT molecular complexity index is 668. The predicted molar refractivity (Wildman–Crippen MR) is 83.9 cm³/mol. The Kier molecular flexibility index (Phi) is 4.32. The molecule has 124 valence electrons. The van der Waals surface area contributed by atoms with Crippen LogP contribution in [0.5, 0.6) is 0 Å². The van der Waals surface area contributed by atoms with Crippen molar-refractivity contribution in [3.63, 3.8) is 0 Å². The summed E-state index contributed by atoms with van der Waals surface area (Å²) in [6.45, 7) is 2.70. The highest BCUT2D eigenvalue weighted by Crippen LogP contribution is 2.35. The van der Waals surface area contributed by atoms with Gasteiger partial charge in [-0.25, -0.2) is 9.97 Å². The second-order valence-corrected chi connectivity index (χ2v) is 6.25. The molecule has 1 saturated heterocycles. The van der Waals surface area contributed by atoms with Crippen molar-refractivity contribution in [2.24, 2.45) is 5.41 Å². The van der Waals surface area contributed by atoms with Gasteiger partial charge in [0.1, 0.15) is 5.69 Å². The number of imidazole rings is 1. The predicted octanol–water partition coefficient (Wildman–Crippen LogP) is 0.715. The first-order chi connectivity index (χ1) is 11.1. The SMILES string of the molecule is CCC[C@@]1(CO)CN(C(=O)c2cn3cccnc3n2)CC[C@H]1O. The number of carbonyl (C=O) groups excluding carboxylic acids is 1. The topological polar surface area (TPSA) is 91.0 Å². The standard InChI is InChI=1S/C16H22N4O3/c1-2-5-16(11-21)10-20(8-4-13(16)22)14(23)12-9-19-7-3-6-17-15(19)18-12/h3,6-7,9,13,21-22H,2,4-5,8,10-11H2,1H3/t13-,16+/m1/s1. The number of aliphatic hydroxyl groups is 2. The zero-order valence-corrected chi connectivity index (χ0v) is 13.2. The largest absolute Gasteiger partial charge is 0.396 e. The summed E-state index contributed by atoms with van der Waals surface area (Å²) in [5.74, 6) is 0.297. The molecule has 0 radical (unpaired) electrons. The van der Waals surface area contributed by atoms with E-state index < -0.39 is 11.5 Å². The summed E-state index contributed by atoms with van der Waals surface area (Å²) < 4.78 is 1.71. The number of carbonyl (C=O) groups is 1. The third-order valence-corrected chi connectivity index (χ3v) is 4.69. The molecule has 0 spiro atoms. The van der Waals surface area contributed by atoms with Gasteiger partial charge in [-0.2, -0.15) is 0 Å². The van der Waals surface area contributed by atoms with Gasteiger partial charge in [0.05, 0.1) is 12.7 Å². The molecule has 7 nitrogen and oxygen atoms in total. The Morgan fingerprint density at radius 2 is 2.35 bits per heavy atom. The number of aliphatic hydroxyl groups excluding tert-OH is 2. The van der Waals surface area contributed by atoms with Crippen molar-refractivity contribution >= 4 is 11.7 Å². The van der Waals surface area contributed by atoms with E-state index in [0.29, 0.717) is 37.4 Å². The van der Waals surface area contributed by atoms with Crippen LogP contribution in [-0.4, -0.2) is 61.2 Å². The lowest BCUT2D eigenvalue weighted by Crippen LogP contribution is -2.55. The molecular formula is C16H22N4O3. The lowest BCUT2D eigenvalue weighted by molar-refractivity contribution is -0.0721. The average molecular weight is 318 g/mol. The maximum absolute atomic E-state index is 12.7. The highest BCUT2D eigenvalue weighted by atomic mass is 16.3. The van der Waals surface area contributed by atoms with Crippen LogP contribution in [0.25, 0.3) is 5.78 Å². The molecule has 2 atom stereocenters. The van der Waals surface area contributed by atoms with Gasteiger partial charge in [-0.15, -0.1) is 0 Å². The Hall–Kier alpha value is -1.99. The van der Waals surface area contributed by atoms with Gasteiger partial charge in [0.15, 0.2) is 0 Å². The van der Waals surface area contributed by atoms with Crippen molar-refractivity contribution in [1.82, 2.24) is 19.3 Å². The van der Waals surface area contributed by atoms with Gasteiger partial charge in [0, 0.05) is 37.1 Å². The van der Waals surface area contributed by atoms with Crippen molar-refractivity contribution in [3.05, 3.63) is 30.4 Å². The number of likely N-dealkylation sites (tertiary alicyclic amines) is 1. The molecule has 1 amide bonds. The van der Waals surface area contributed by atoms with Gasteiger partial charge in [0.2, 0.25) is 5.78 Å². The summed E-state index contributed by atoms with van der Waals surface area (Å²) in [6, 6.07) is 1.78. The van der Waals surface area contributed by atoms with Crippen LogP contribution in [0, 0.1) is 5.41 Å². The number of nitrogens with zero attached hydrogens (tertiary/aromatic N) is 4. The van der Waals surface area contributed by atoms with E-state index in [1.165, 1.54) is 0 Å². The molecular weight excluding hydrogens is 296 g/mol. The molecule has 2 aromatic rings. The lowest BCUT2D eigenvalue weighted by Gasteiger charge is -2.45. The minimum absolute atomic E-state index is 0.126. The molecule has 1 aliphatic rings. The summed E-state index contributed by atoms with van der Waals surface area (Å²) in [4.78, 5) is 22.8. The Balaban J connectivity index is 1.84. The maximum atomic E-state index is 12.7. The fourth-order valence-electron chi connectivity index (χ4n) is 3.40. The van der Waals surface area contributed by atoms with E-state index in [0.717, 1.165) is 6.42 Å². The smallest absolute Gasteiger partial charge is 0.274 e. The fraction of sp³-hybridized carbons (Fsp3) is 0.562. The van der Waals surface area contributed by atoms with E-state index in [9.17, 15) is 15.0 Å². The van der Waals surface area contributed by atoms with Crippen molar-refractivity contribution in [2.75, 3.05) is 19.7 Å².